The minimum atomic E-state index is -1.34. The van der Waals surface area contributed by atoms with Crippen LogP contribution in [0.5, 0.6) is 0 Å². The maximum atomic E-state index is 10.2. The molecule has 0 atom stereocenters. The molecule has 0 bridgehead atoms. The zero-order valence-corrected chi connectivity index (χ0v) is 13.3. The van der Waals surface area contributed by atoms with Crippen LogP contribution in [0.15, 0.2) is 48.5 Å². The summed E-state index contributed by atoms with van der Waals surface area (Å²) in [5.41, 5.74) is -0.416. The summed E-state index contributed by atoms with van der Waals surface area (Å²) in [5, 5.41) is 40.7. The summed E-state index contributed by atoms with van der Waals surface area (Å²) in [5.74, 6) is -2.69. The molecule has 0 N–H and O–H groups in total. The largest absolute Gasteiger partial charge is 2.00 e. The molecule has 0 heterocycles. The topological polar surface area (TPSA) is 167 Å². The van der Waals surface area contributed by atoms with Crippen molar-refractivity contribution in [1.82, 2.24) is 0 Å². The number of carbonyl (C=O) groups is 2. The molecule has 0 saturated carbocycles. The second kappa shape index (κ2) is 9.75. The van der Waals surface area contributed by atoms with Crippen molar-refractivity contribution in [3.05, 3.63) is 79.9 Å². The fraction of sp³-hybridized carbons (Fsp3) is 0. The Morgan fingerprint density at radius 1 is 0.640 bits per heavy atom. The van der Waals surface area contributed by atoms with E-state index < -0.39 is 21.8 Å². The number of carboxylic acids is 2. The number of hydrogen-bond acceptors (Lipinski definition) is 8. The standard InChI is InChI=1S/2C7H5NO4.Mn/c2*9-7(10)5-1-3-6(4-2-5)8(11)12;/h2*1-4H,(H,9,10);/q;;+2/p-2. The van der Waals surface area contributed by atoms with Crippen LogP contribution in [0.2, 0.25) is 0 Å². The van der Waals surface area contributed by atoms with Crippen molar-refractivity contribution in [2.24, 2.45) is 0 Å². The van der Waals surface area contributed by atoms with E-state index >= 15 is 0 Å². The van der Waals surface area contributed by atoms with Gasteiger partial charge in [0, 0.05) is 24.3 Å². The number of nitrogens with zero attached hydrogens (tertiary/aromatic N) is 2. The summed E-state index contributed by atoms with van der Waals surface area (Å²) in [6, 6.07) is 8.99. The van der Waals surface area contributed by atoms with Gasteiger partial charge < -0.3 is 19.8 Å². The maximum Gasteiger partial charge on any atom is 2.00 e. The molecule has 11 heteroatoms. The molecular formula is C14H8MnN2O8. The molecule has 2 aromatic carbocycles. The number of nitro benzene ring substituents is 2. The third-order valence-electron chi connectivity index (χ3n) is 2.63. The van der Waals surface area contributed by atoms with Gasteiger partial charge in [0.15, 0.2) is 0 Å². The third kappa shape index (κ3) is 6.77. The van der Waals surface area contributed by atoms with E-state index in [4.69, 9.17) is 0 Å². The molecule has 10 nitrogen and oxygen atoms in total. The van der Waals surface area contributed by atoms with E-state index in [-0.39, 0.29) is 39.6 Å². The smallest absolute Gasteiger partial charge is 0.545 e. The number of rotatable bonds is 4. The van der Waals surface area contributed by atoms with Crippen molar-refractivity contribution in [3.8, 4) is 0 Å². The van der Waals surface area contributed by atoms with Crippen molar-refractivity contribution in [1.29, 1.82) is 0 Å². The van der Waals surface area contributed by atoms with Gasteiger partial charge >= 0.3 is 17.1 Å². The quantitative estimate of drug-likeness (QED) is 0.399. The van der Waals surface area contributed by atoms with E-state index in [1.165, 1.54) is 0 Å². The Labute approximate surface area is 150 Å². The summed E-state index contributed by atoms with van der Waals surface area (Å²) in [6.45, 7) is 0. The molecule has 1 radical (unpaired) electrons. The van der Waals surface area contributed by atoms with Crippen LogP contribution in [-0.2, 0) is 17.1 Å². The molecular weight excluding hydrogens is 379 g/mol. The summed E-state index contributed by atoms with van der Waals surface area (Å²) < 4.78 is 0. The van der Waals surface area contributed by atoms with Crippen LogP contribution in [-0.4, -0.2) is 21.8 Å². The van der Waals surface area contributed by atoms with Crippen LogP contribution in [0.25, 0.3) is 0 Å². The van der Waals surface area contributed by atoms with E-state index in [9.17, 15) is 40.0 Å². The minimum absolute atomic E-state index is 0. The van der Waals surface area contributed by atoms with Gasteiger partial charge in [-0.3, -0.25) is 20.2 Å². The van der Waals surface area contributed by atoms with Gasteiger partial charge in [-0.15, -0.1) is 0 Å². The van der Waals surface area contributed by atoms with E-state index in [1.807, 2.05) is 0 Å². The third-order valence-corrected chi connectivity index (χ3v) is 2.63. The number of carboxylic acid groups (broad SMARTS) is 2. The van der Waals surface area contributed by atoms with Gasteiger partial charge in [0.25, 0.3) is 11.4 Å². The molecule has 0 fully saturated rings. The Balaban J connectivity index is 0.000000443. The minimum Gasteiger partial charge on any atom is -0.545 e. The van der Waals surface area contributed by atoms with E-state index in [0.29, 0.717) is 0 Å². The summed E-state index contributed by atoms with van der Waals surface area (Å²) >= 11 is 0. The molecule has 2 aromatic rings. The van der Waals surface area contributed by atoms with Crippen LogP contribution in [0, 0.1) is 20.2 Å². The number of hydrogen-bond donors (Lipinski definition) is 0. The van der Waals surface area contributed by atoms with Gasteiger partial charge in [-0.1, -0.05) is 0 Å². The van der Waals surface area contributed by atoms with E-state index in [0.717, 1.165) is 48.5 Å². The van der Waals surface area contributed by atoms with Gasteiger partial charge in [0.05, 0.1) is 21.8 Å². The van der Waals surface area contributed by atoms with Crippen LogP contribution in [0.4, 0.5) is 11.4 Å². The fourth-order valence-electron chi connectivity index (χ4n) is 1.44. The number of non-ortho nitro benzene ring substituents is 2. The Hall–Kier alpha value is -3.30. The van der Waals surface area contributed by atoms with Gasteiger partial charge in [-0.25, -0.2) is 0 Å². The average molecular weight is 387 g/mol. The van der Waals surface area contributed by atoms with Crippen molar-refractivity contribution in [2.45, 2.75) is 0 Å². The monoisotopic (exact) mass is 387 g/mol. The predicted molar refractivity (Wildman–Crippen MR) is 74.9 cm³/mol. The zero-order valence-electron chi connectivity index (χ0n) is 12.2. The first-order valence-corrected chi connectivity index (χ1v) is 6.14. The van der Waals surface area contributed by atoms with Gasteiger partial charge in [-0.2, -0.15) is 0 Å². The first-order chi connectivity index (χ1) is 11.2. The Bertz CT molecular complexity index is 641. The van der Waals surface area contributed by atoms with E-state index in [2.05, 4.69) is 0 Å². The fourth-order valence-corrected chi connectivity index (χ4v) is 1.44. The van der Waals surface area contributed by atoms with Crippen LogP contribution >= 0.6 is 0 Å². The zero-order chi connectivity index (χ0) is 18.3. The van der Waals surface area contributed by atoms with Crippen molar-refractivity contribution in [3.63, 3.8) is 0 Å². The molecule has 25 heavy (non-hydrogen) atoms. The Morgan fingerprint density at radius 2 is 0.880 bits per heavy atom. The van der Waals surface area contributed by atoms with Crippen LogP contribution in [0.1, 0.15) is 20.7 Å². The SMILES string of the molecule is O=C([O-])c1ccc([N+](=O)[O-])cc1.O=C([O-])c1ccc([N+](=O)[O-])cc1.[Mn+2]. The molecule has 0 amide bonds. The second-order valence-corrected chi connectivity index (χ2v) is 4.18. The molecule has 0 aliphatic rings. The van der Waals surface area contributed by atoms with Gasteiger partial charge in [0.1, 0.15) is 0 Å². The van der Waals surface area contributed by atoms with Crippen molar-refractivity contribution in [2.75, 3.05) is 0 Å². The first kappa shape index (κ1) is 21.7. The van der Waals surface area contributed by atoms with Crippen molar-refractivity contribution >= 4 is 23.3 Å². The molecule has 0 aromatic heterocycles. The van der Waals surface area contributed by atoms with Crippen LogP contribution < -0.4 is 10.2 Å². The summed E-state index contributed by atoms with van der Waals surface area (Å²) in [4.78, 5) is 39.5. The van der Waals surface area contributed by atoms with Gasteiger partial charge in [-0.05, 0) is 35.4 Å². The number of nitro groups is 2. The van der Waals surface area contributed by atoms with Gasteiger partial charge in [0.2, 0.25) is 0 Å². The van der Waals surface area contributed by atoms with E-state index in [1.54, 1.807) is 0 Å². The summed E-state index contributed by atoms with van der Waals surface area (Å²) in [6.07, 6.45) is 0. The maximum absolute atomic E-state index is 10.2. The molecule has 0 aliphatic carbocycles. The number of carbonyl (C=O) groups excluding carboxylic acids is 2. The molecule has 0 aliphatic heterocycles. The molecule has 0 saturated heterocycles. The Kier molecular flexibility index (Phi) is 8.47. The summed E-state index contributed by atoms with van der Waals surface area (Å²) in [7, 11) is 0. The molecule has 0 spiro atoms. The normalized spacial score (nSPS) is 8.96. The molecule has 129 valence electrons. The van der Waals surface area contributed by atoms with Crippen LogP contribution in [0.3, 0.4) is 0 Å². The van der Waals surface area contributed by atoms with Crippen molar-refractivity contribution < 1.29 is 46.7 Å². The first-order valence-electron chi connectivity index (χ1n) is 6.14. The second-order valence-electron chi connectivity index (χ2n) is 4.18. The Morgan fingerprint density at radius 3 is 1.04 bits per heavy atom. The number of aromatic carboxylic acids is 2. The molecule has 2 rings (SSSR count). The predicted octanol–water partition coefficient (Wildman–Crippen LogP) is -0.0859. The molecule has 0 unspecified atom stereocenters. The number of benzene rings is 2. The average Bonchev–Trinajstić information content (AvgIpc) is 2.55.